The summed E-state index contributed by atoms with van der Waals surface area (Å²) in [5.74, 6) is 1.44. The Balaban J connectivity index is 0.904. The van der Waals surface area contributed by atoms with Gasteiger partial charge in [0, 0.05) is 64.6 Å². The minimum atomic E-state index is -0.282. The quantitative estimate of drug-likeness (QED) is 0.188. The Morgan fingerprint density at radius 2 is 1.22 bits per heavy atom. The van der Waals surface area contributed by atoms with E-state index in [1.165, 1.54) is 42.0 Å². The van der Waals surface area contributed by atoms with Gasteiger partial charge in [-0.2, -0.15) is 0 Å². The van der Waals surface area contributed by atoms with Crippen molar-refractivity contribution >= 4 is 109 Å². The summed E-state index contributed by atoms with van der Waals surface area (Å²) in [6.45, 7) is 0. The lowest BCUT2D eigenvalue weighted by molar-refractivity contribution is 0.667. The Morgan fingerprint density at radius 3 is 2.12 bits per heavy atom. The Hall–Kier alpha value is -8.26. The number of hydrogen-bond acceptors (Lipinski definition) is 6. The van der Waals surface area contributed by atoms with Crippen LogP contribution in [0.1, 0.15) is 22.9 Å². The molecule has 0 saturated carbocycles. The number of thiophene rings is 1. The van der Waals surface area contributed by atoms with Crippen LogP contribution >= 0.6 is 11.3 Å². The predicted molar refractivity (Wildman–Crippen MR) is 265 cm³/mol. The first kappa shape index (κ1) is 35.3. The second-order valence-electron chi connectivity index (χ2n) is 16.5. The maximum atomic E-state index is 6.61. The SMILES string of the molecule is c1ccc(C2=NC(c3ccc4c(c3)oc3ccc(-c5cccc6oc7ccc(-n8c9ccccc9c9ccc%10c%11ccccc%11sc%10c98)cc7c56)cc34)=NC(c3ccccc3)N2)cc1. The second kappa shape index (κ2) is 13.6. The van der Waals surface area contributed by atoms with E-state index >= 15 is 0 Å². The summed E-state index contributed by atoms with van der Waals surface area (Å²) in [6, 6.07) is 68.4. The topological polar surface area (TPSA) is 68.0 Å². The Kier molecular flexibility index (Phi) is 7.52. The van der Waals surface area contributed by atoms with Gasteiger partial charge in [-0.05, 0) is 77.4 Å². The predicted octanol–water partition coefficient (Wildman–Crippen LogP) is 15.1. The lowest BCUT2D eigenvalue weighted by Crippen LogP contribution is -2.33. The van der Waals surface area contributed by atoms with Gasteiger partial charge in [0.25, 0.3) is 0 Å². The molecule has 1 unspecified atom stereocenters. The van der Waals surface area contributed by atoms with Crippen LogP contribution < -0.4 is 5.32 Å². The van der Waals surface area contributed by atoms with E-state index in [-0.39, 0.29) is 6.17 Å². The molecule has 0 bridgehead atoms. The monoisotopic (exact) mass is 838 g/mol. The fourth-order valence-electron chi connectivity index (χ4n) is 9.90. The fraction of sp³-hybridized carbons (Fsp3) is 0.0175. The number of aromatic nitrogens is 1. The number of nitrogens with one attached hydrogen (secondary N) is 1. The van der Waals surface area contributed by atoms with Crippen molar-refractivity contribution in [1.82, 2.24) is 9.88 Å². The molecular formula is C57H34N4O2S. The number of aliphatic imine (C=N–C) groups is 2. The van der Waals surface area contributed by atoms with Crippen molar-refractivity contribution in [2.45, 2.75) is 6.17 Å². The van der Waals surface area contributed by atoms with Gasteiger partial charge in [0.15, 0.2) is 5.84 Å². The molecule has 1 atom stereocenters. The number of nitrogens with zero attached hydrogens (tertiary/aromatic N) is 3. The molecule has 1 N–H and O–H groups in total. The normalized spacial score (nSPS) is 14.4. The smallest absolute Gasteiger partial charge is 0.159 e. The molecular weight excluding hydrogens is 805 g/mol. The molecule has 1 aliphatic rings. The van der Waals surface area contributed by atoms with Crippen LogP contribution in [-0.2, 0) is 0 Å². The maximum Gasteiger partial charge on any atom is 0.159 e. The molecule has 64 heavy (non-hydrogen) atoms. The molecule has 0 aliphatic carbocycles. The molecule has 14 rings (SSSR count). The molecule has 0 saturated heterocycles. The van der Waals surface area contributed by atoms with Crippen molar-refractivity contribution in [3.8, 4) is 16.8 Å². The van der Waals surface area contributed by atoms with Crippen molar-refractivity contribution in [1.29, 1.82) is 0 Å². The van der Waals surface area contributed by atoms with E-state index in [1.54, 1.807) is 0 Å². The molecule has 6 nitrogen and oxygen atoms in total. The fourth-order valence-corrected chi connectivity index (χ4v) is 11.1. The molecule has 9 aromatic carbocycles. The first-order valence-electron chi connectivity index (χ1n) is 21.5. The largest absolute Gasteiger partial charge is 0.456 e. The van der Waals surface area contributed by atoms with Crippen molar-refractivity contribution < 1.29 is 8.83 Å². The van der Waals surface area contributed by atoms with E-state index in [0.717, 1.165) is 83.2 Å². The second-order valence-corrected chi connectivity index (χ2v) is 17.6. The number of rotatable bonds is 5. The molecule has 0 fully saturated rings. The molecule has 0 amide bonds. The first-order valence-corrected chi connectivity index (χ1v) is 22.3. The van der Waals surface area contributed by atoms with Gasteiger partial charge in [-0.3, -0.25) is 0 Å². The number of fused-ring (bicyclic) bond motifs is 13. The zero-order chi connectivity index (χ0) is 41.9. The average molecular weight is 839 g/mol. The first-order chi connectivity index (χ1) is 31.7. The Bertz CT molecular complexity index is 4120. The number of benzene rings is 9. The highest BCUT2D eigenvalue weighted by Crippen LogP contribution is 2.45. The van der Waals surface area contributed by atoms with Gasteiger partial charge >= 0.3 is 0 Å². The molecule has 7 heteroatoms. The minimum Gasteiger partial charge on any atom is -0.456 e. The summed E-state index contributed by atoms with van der Waals surface area (Å²) in [5, 5.41) is 12.9. The van der Waals surface area contributed by atoms with Crippen LogP contribution in [0.25, 0.3) is 103 Å². The third kappa shape index (κ3) is 5.31. The highest BCUT2D eigenvalue weighted by atomic mass is 32.1. The van der Waals surface area contributed by atoms with E-state index in [9.17, 15) is 0 Å². The van der Waals surface area contributed by atoms with Crippen LogP contribution in [0.4, 0.5) is 0 Å². The van der Waals surface area contributed by atoms with Gasteiger partial charge in [-0.1, -0.05) is 133 Å². The molecule has 4 aromatic heterocycles. The number of furan rings is 2. The lowest BCUT2D eigenvalue weighted by atomic mass is 9.97. The summed E-state index contributed by atoms with van der Waals surface area (Å²) in [5.41, 5.74) is 12.0. The van der Waals surface area contributed by atoms with Gasteiger partial charge < -0.3 is 18.7 Å². The molecule has 0 spiro atoms. The lowest BCUT2D eigenvalue weighted by Gasteiger charge is -2.23. The zero-order valence-electron chi connectivity index (χ0n) is 34.1. The number of amidine groups is 2. The van der Waals surface area contributed by atoms with E-state index in [2.05, 4.69) is 168 Å². The Labute approximate surface area is 369 Å². The summed E-state index contributed by atoms with van der Waals surface area (Å²) in [7, 11) is 0. The number of para-hydroxylation sites is 1. The summed E-state index contributed by atoms with van der Waals surface area (Å²) >= 11 is 1.87. The third-order valence-electron chi connectivity index (χ3n) is 12.9. The van der Waals surface area contributed by atoms with Crippen LogP contribution in [0, 0.1) is 0 Å². The van der Waals surface area contributed by atoms with Crippen LogP contribution in [0.5, 0.6) is 0 Å². The van der Waals surface area contributed by atoms with Crippen LogP contribution in [-0.4, -0.2) is 16.2 Å². The third-order valence-corrected chi connectivity index (χ3v) is 14.1. The molecule has 1 aliphatic heterocycles. The van der Waals surface area contributed by atoms with Crippen LogP contribution in [0.2, 0.25) is 0 Å². The average Bonchev–Trinajstić information content (AvgIpc) is 4.12. The van der Waals surface area contributed by atoms with Gasteiger partial charge in [0.1, 0.15) is 34.3 Å². The molecule has 13 aromatic rings. The Morgan fingerprint density at radius 1 is 0.484 bits per heavy atom. The summed E-state index contributed by atoms with van der Waals surface area (Å²) in [6.07, 6.45) is -0.282. The highest BCUT2D eigenvalue weighted by molar-refractivity contribution is 7.26. The molecule has 300 valence electrons. The van der Waals surface area contributed by atoms with Crippen molar-refractivity contribution in [2.75, 3.05) is 0 Å². The zero-order valence-corrected chi connectivity index (χ0v) is 34.9. The highest BCUT2D eigenvalue weighted by Gasteiger charge is 2.23. The van der Waals surface area contributed by atoms with Gasteiger partial charge in [0.2, 0.25) is 0 Å². The minimum absolute atomic E-state index is 0.282. The van der Waals surface area contributed by atoms with Crippen molar-refractivity contribution in [3.63, 3.8) is 0 Å². The van der Waals surface area contributed by atoms with Gasteiger partial charge in [0.05, 0.1) is 15.7 Å². The van der Waals surface area contributed by atoms with E-state index in [1.807, 2.05) is 47.7 Å². The summed E-state index contributed by atoms with van der Waals surface area (Å²) in [4.78, 5) is 10.1. The van der Waals surface area contributed by atoms with Gasteiger partial charge in [-0.15, -0.1) is 11.3 Å². The number of hydrogen-bond donors (Lipinski definition) is 1. The van der Waals surface area contributed by atoms with E-state index in [0.29, 0.717) is 5.84 Å². The molecule has 0 radical (unpaired) electrons. The van der Waals surface area contributed by atoms with E-state index < -0.39 is 0 Å². The summed E-state index contributed by atoms with van der Waals surface area (Å²) < 4.78 is 18.2. The van der Waals surface area contributed by atoms with Crippen LogP contribution in [0.3, 0.4) is 0 Å². The van der Waals surface area contributed by atoms with Crippen molar-refractivity contribution in [3.05, 3.63) is 211 Å². The molecule has 5 heterocycles. The van der Waals surface area contributed by atoms with E-state index in [4.69, 9.17) is 18.8 Å². The van der Waals surface area contributed by atoms with Crippen molar-refractivity contribution in [2.24, 2.45) is 9.98 Å². The van der Waals surface area contributed by atoms with Gasteiger partial charge in [-0.25, -0.2) is 9.98 Å². The maximum absolute atomic E-state index is 6.61. The van der Waals surface area contributed by atoms with Crippen LogP contribution in [0.15, 0.2) is 213 Å². The standard InChI is InChI=1S/C57H34N4O2S/c1-3-12-33(13-4-1)55-58-56(34-14-5-2-6-15-34)60-57(59-55)36-22-25-40-44-30-35(23-28-47(44)63-50(40)31-36)38-18-11-20-49-52(38)45-32-37(24-29-48(45)62-49)61-46-19-9-7-16-39(46)42-26-27-43-41-17-8-10-21-51(41)64-54(43)53(42)61/h1-32,55H,(H,58,59,60).